The van der Waals surface area contributed by atoms with Crippen LogP contribution in [0.3, 0.4) is 0 Å². The van der Waals surface area contributed by atoms with E-state index in [1.165, 1.54) is 18.3 Å². The van der Waals surface area contributed by atoms with Crippen molar-refractivity contribution >= 4 is 41.7 Å². The summed E-state index contributed by atoms with van der Waals surface area (Å²) >= 11 is 6.66. The largest absolute Gasteiger partial charge is 0.383 e. The van der Waals surface area contributed by atoms with Gasteiger partial charge in [-0.15, -0.1) is 5.10 Å². The molecule has 0 aliphatic heterocycles. The molecule has 0 aliphatic carbocycles. The van der Waals surface area contributed by atoms with Gasteiger partial charge < -0.3 is 10.6 Å². The van der Waals surface area contributed by atoms with E-state index in [9.17, 15) is 9.65 Å². The Morgan fingerprint density at radius 2 is 1.91 bits per heavy atom. The third kappa shape index (κ3) is 4.91. The Bertz CT molecular complexity index is 1420. The molecule has 1 atom stereocenters. The first-order valence-corrected chi connectivity index (χ1v) is 11.4. The van der Waals surface area contributed by atoms with Gasteiger partial charge in [0.1, 0.15) is 11.9 Å². The Labute approximate surface area is 208 Å². The number of pyridine rings is 1. The van der Waals surface area contributed by atoms with E-state index in [4.69, 9.17) is 11.6 Å². The summed E-state index contributed by atoms with van der Waals surface area (Å²) in [6.07, 6.45) is 1.53. The molecule has 4 rings (SSSR count). The number of hydrogen-bond donors (Lipinski definition) is 2. The van der Waals surface area contributed by atoms with Crippen molar-refractivity contribution in [2.24, 2.45) is 12.5 Å². The summed E-state index contributed by atoms with van der Waals surface area (Å²) in [6, 6.07) is 12.0. The Morgan fingerprint density at radius 1 is 1.20 bits per heavy atom. The van der Waals surface area contributed by atoms with E-state index < -0.39 is 5.44 Å². The Morgan fingerprint density at radius 3 is 2.51 bits per heavy atom. The second kappa shape index (κ2) is 9.15. The summed E-state index contributed by atoms with van der Waals surface area (Å²) in [5, 5.41) is 29.7. The van der Waals surface area contributed by atoms with Gasteiger partial charge in [0, 0.05) is 30.9 Å². The third-order valence-corrected chi connectivity index (χ3v) is 6.01. The van der Waals surface area contributed by atoms with Crippen LogP contribution in [0.1, 0.15) is 37.7 Å². The minimum Gasteiger partial charge on any atom is -0.383 e. The van der Waals surface area contributed by atoms with Crippen LogP contribution in [-0.4, -0.2) is 39.6 Å². The van der Waals surface area contributed by atoms with Gasteiger partial charge >= 0.3 is 0 Å². The van der Waals surface area contributed by atoms with Crippen LogP contribution in [0.5, 0.6) is 0 Å². The van der Waals surface area contributed by atoms with Gasteiger partial charge in [0.15, 0.2) is 13.7 Å². The van der Waals surface area contributed by atoms with E-state index in [1.807, 2.05) is 13.9 Å². The number of aryl methyl sites for hydroxylation is 1. The van der Waals surface area contributed by atoms with Crippen LogP contribution >= 0.6 is 11.6 Å². The second-order valence-corrected chi connectivity index (χ2v) is 10.2. The summed E-state index contributed by atoms with van der Waals surface area (Å²) in [5.41, 5.74) is 2.15. The molecular formula is C24H25BClFN8. The van der Waals surface area contributed by atoms with E-state index in [-0.39, 0.29) is 11.2 Å². The number of anilines is 2. The molecule has 11 heteroatoms. The molecule has 1 unspecified atom stereocenters. The summed E-state index contributed by atoms with van der Waals surface area (Å²) in [6.45, 7) is 6.98. The fourth-order valence-electron chi connectivity index (χ4n) is 3.94. The number of aromatic nitrogens is 5. The first-order valence-electron chi connectivity index (χ1n) is 11.0. The van der Waals surface area contributed by atoms with Gasteiger partial charge in [-0.05, 0) is 45.7 Å². The topological polar surface area (TPSA) is 104 Å². The minimum atomic E-state index is -0.928. The molecule has 0 amide bonds. The van der Waals surface area contributed by atoms with E-state index in [1.54, 1.807) is 29.9 Å². The lowest BCUT2D eigenvalue weighted by Gasteiger charge is -2.31. The van der Waals surface area contributed by atoms with E-state index in [2.05, 4.69) is 58.0 Å². The Kier molecular flexibility index (Phi) is 6.39. The fraction of sp³-hybridized carbons (Fsp3) is 0.292. The zero-order chi connectivity index (χ0) is 25.4. The van der Waals surface area contributed by atoms with Crippen molar-refractivity contribution in [1.29, 1.82) is 5.26 Å². The molecule has 0 saturated heterocycles. The Balaban J connectivity index is 1.87. The molecule has 0 spiro atoms. The predicted octanol–water partition coefficient (Wildman–Crippen LogP) is 3.83. The van der Waals surface area contributed by atoms with Crippen molar-refractivity contribution < 1.29 is 4.39 Å². The average molecular weight is 491 g/mol. The molecule has 0 radical (unpaired) electrons. The van der Waals surface area contributed by atoms with Crippen molar-refractivity contribution in [2.75, 3.05) is 17.2 Å². The first-order chi connectivity index (χ1) is 16.5. The third-order valence-electron chi connectivity index (χ3n) is 5.72. The van der Waals surface area contributed by atoms with Gasteiger partial charge in [0.2, 0.25) is 0 Å². The van der Waals surface area contributed by atoms with Crippen LogP contribution in [0.25, 0.3) is 10.9 Å². The molecule has 2 aromatic heterocycles. The van der Waals surface area contributed by atoms with Gasteiger partial charge in [-0.1, -0.05) is 44.5 Å². The number of nitriles is 1. The summed E-state index contributed by atoms with van der Waals surface area (Å²) in [4.78, 5) is 4.43. The van der Waals surface area contributed by atoms with Crippen molar-refractivity contribution in [3.63, 3.8) is 0 Å². The van der Waals surface area contributed by atoms with Crippen molar-refractivity contribution in [3.8, 4) is 6.07 Å². The van der Waals surface area contributed by atoms with Crippen LogP contribution in [0.4, 0.5) is 15.8 Å². The van der Waals surface area contributed by atoms with Gasteiger partial charge in [0.05, 0.1) is 27.2 Å². The van der Waals surface area contributed by atoms with E-state index in [0.29, 0.717) is 45.2 Å². The summed E-state index contributed by atoms with van der Waals surface area (Å²) in [7, 11) is 3.65. The molecule has 35 heavy (non-hydrogen) atoms. The molecule has 2 aromatic carbocycles. The van der Waals surface area contributed by atoms with Gasteiger partial charge in [-0.3, -0.25) is 4.98 Å². The predicted molar refractivity (Wildman–Crippen MR) is 138 cm³/mol. The normalized spacial score (nSPS) is 13.3. The SMILES string of the molecule is BC(Nc1cc(Cl)c2ncc(C#N)c(NCC(C)(C)C)c2c1)(c1ccc(F)cc1)c1nnnn1C. The van der Waals surface area contributed by atoms with Crippen LogP contribution in [0.2, 0.25) is 5.02 Å². The van der Waals surface area contributed by atoms with Crippen molar-refractivity contribution in [1.82, 2.24) is 25.2 Å². The molecule has 0 fully saturated rings. The highest BCUT2D eigenvalue weighted by molar-refractivity contribution is 6.36. The summed E-state index contributed by atoms with van der Waals surface area (Å²) < 4.78 is 15.3. The highest BCUT2D eigenvalue weighted by Gasteiger charge is 2.34. The molecule has 0 aliphatic rings. The number of rotatable bonds is 6. The number of nitrogens with zero attached hydrogens (tertiary/aromatic N) is 6. The van der Waals surface area contributed by atoms with Gasteiger partial charge in [-0.2, -0.15) is 5.26 Å². The standard InChI is InChI=1S/C24H25BClFN8/c1-23(2,3)13-30-20-14(11-28)12-29-21-18(20)9-17(10-19(21)26)31-24(25,22-32-33-34-35(22)4)15-5-7-16(27)8-6-15/h5-10,12,31H,13,25H2,1-4H3,(H,29,30). The lowest BCUT2D eigenvalue weighted by molar-refractivity contribution is 0.443. The Hall–Kier alpha value is -3.71. The number of hydrogen-bond acceptors (Lipinski definition) is 7. The maximum Gasteiger partial charge on any atom is 0.171 e. The van der Waals surface area contributed by atoms with E-state index >= 15 is 0 Å². The van der Waals surface area contributed by atoms with Crippen LogP contribution < -0.4 is 10.6 Å². The zero-order valence-corrected chi connectivity index (χ0v) is 20.9. The average Bonchev–Trinajstić information content (AvgIpc) is 3.23. The van der Waals surface area contributed by atoms with Gasteiger partial charge in [0.25, 0.3) is 0 Å². The maximum absolute atomic E-state index is 13.7. The number of nitrogens with one attached hydrogen (secondary N) is 2. The molecule has 0 bridgehead atoms. The van der Waals surface area contributed by atoms with Crippen LogP contribution in [0, 0.1) is 22.6 Å². The fourth-order valence-corrected chi connectivity index (χ4v) is 4.21. The molecule has 0 saturated carbocycles. The lowest BCUT2D eigenvalue weighted by atomic mass is 9.71. The van der Waals surface area contributed by atoms with Crippen molar-refractivity contribution in [3.05, 3.63) is 70.4 Å². The lowest BCUT2D eigenvalue weighted by Crippen LogP contribution is -2.40. The summed E-state index contributed by atoms with van der Waals surface area (Å²) in [5.74, 6) is 0.181. The minimum absolute atomic E-state index is 0.0126. The zero-order valence-electron chi connectivity index (χ0n) is 20.2. The quantitative estimate of drug-likeness (QED) is 0.396. The van der Waals surface area contributed by atoms with E-state index in [0.717, 1.165) is 5.56 Å². The number of tetrazole rings is 1. The van der Waals surface area contributed by atoms with Crippen LogP contribution in [-0.2, 0) is 12.5 Å². The molecule has 2 N–H and O–H groups in total. The molecule has 2 heterocycles. The second-order valence-electron chi connectivity index (χ2n) is 9.81. The molecular weight excluding hydrogens is 466 g/mol. The molecule has 4 aromatic rings. The monoisotopic (exact) mass is 490 g/mol. The molecule has 178 valence electrons. The maximum atomic E-state index is 13.7. The van der Waals surface area contributed by atoms with Gasteiger partial charge in [-0.25, -0.2) is 9.07 Å². The number of fused-ring (bicyclic) bond motifs is 1. The highest BCUT2D eigenvalue weighted by atomic mass is 35.5. The highest BCUT2D eigenvalue weighted by Crippen LogP contribution is 2.36. The van der Waals surface area contributed by atoms with Crippen LogP contribution in [0.15, 0.2) is 42.6 Å². The first kappa shape index (κ1) is 24.4. The smallest absolute Gasteiger partial charge is 0.171 e. The number of benzene rings is 2. The number of halogens is 2. The molecule has 8 nitrogen and oxygen atoms in total. The van der Waals surface area contributed by atoms with Crippen molar-refractivity contribution in [2.45, 2.75) is 26.2 Å².